The minimum atomic E-state index is -4.95. The molecule has 0 aliphatic carbocycles. The second-order valence-electron chi connectivity index (χ2n) is 4.98. The molecule has 0 saturated carbocycles. The molecule has 128 valence electrons. The molecule has 1 unspecified atom stereocenters. The van der Waals surface area contributed by atoms with E-state index in [0.717, 1.165) is 18.2 Å². The number of halogens is 5. The summed E-state index contributed by atoms with van der Waals surface area (Å²) in [7, 11) is 0. The highest BCUT2D eigenvalue weighted by molar-refractivity contribution is 5.78. The van der Waals surface area contributed by atoms with Crippen molar-refractivity contribution >= 4 is 5.91 Å². The SMILES string of the molecule is O=C(CNC(c1c(F)cccc1F)C(F)(F)F)N1CCOCC1. The van der Waals surface area contributed by atoms with Gasteiger partial charge in [0.25, 0.3) is 0 Å². The molecule has 9 heteroatoms. The van der Waals surface area contributed by atoms with Crippen molar-refractivity contribution in [1.29, 1.82) is 0 Å². The molecule has 1 fully saturated rings. The maximum Gasteiger partial charge on any atom is 0.408 e. The van der Waals surface area contributed by atoms with E-state index in [0.29, 0.717) is 13.2 Å². The number of morpholine rings is 1. The smallest absolute Gasteiger partial charge is 0.378 e. The molecule has 1 aromatic carbocycles. The first-order valence-corrected chi connectivity index (χ1v) is 6.90. The van der Waals surface area contributed by atoms with Crippen LogP contribution in [-0.2, 0) is 9.53 Å². The van der Waals surface area contributed by atoms with E-state index in [2.05, 4.69) is 0 Å². The zero-order valence-electron chi connectivity index (χ0n) is 12.0. The maximum atomic E-state index is 13.6. The van der Waals surface area contributed by atoms with E-state index >= 15 is 0 Å². The Bertz CT molecular complexity index is 538. The summed E-state index contributed by atoms with van der Waals surface area (Å²) in [5.74, 6) is -3.23. The van der Waals surface area contributed by atoms with Crippen molar-refractivity contribution in [3.63, 3.8) is 0 Å². The number of carbonyl (C=O) groups excluding carboxylic acids is 1. The first-order chi connectivity index (χ1) is 10.8. The van der Waals surface area contributed by atoms with Crippen LogP contribution in [0.15, 0.2) is 18.2 Å². The fraction of sp³-hybridized carbons (Fsp3) is 0.500. The van der Waals surface area contributed by atoms with E-state index in [1.807, 2.05) is 5.32 Å². The van der Waals surface area contributed by atoms with Crippen LogP contribution in [0.1, 0.15) is 11.6 Å². The minimum Gasteiger partial charge on any atom is -0.378 e. The van der Waals surface area contributed by atoms with Crippen molar-refractivity contribution in [2.75, 3.05) is 32.8 Å². The van der Waals surface area contributed by atoms with E-state index in [-0.39, 0.29) is 13.1 Å². The molecule has 4 nitrogen and oxygen atoms in total. The number of carbonyl (C=O) groups is 1. The largest absolute Gasteiger partial charge is 0.408 e. The molecule has 1 heterocycles. The number of alkyl halides is 3. The van der Waals surface area contributed by atoms with Crippen LogP contribution in [0.4, 0.5) is 22.0 Å². The van der Waals surface area contributed by atoms with Crippen molar-refractivity contribution in [3.05, 3.63) is 35.4 Å². The molecule has 1 amide bonds. The predicted molar refractivity (Wildman–Crippen MR) is 70.6 cm³/mol. The topological polar surface area (TPSA) is 41.6 Å². The molecule has 0 aromatic heterocycles. The van der Waals surface area contributed by atoms with Crippen LogP contribution in [0, 0.1) is 11.6 Å². The molecule has 1 N–H and O–H groups in total. The van der Waals surface area contributed by atoms with Gasteiger partial charge in [0.1, 0.15) is 17.7 Å². The number of nitrogens with zero attached hydrogens (tertiary/aromatic N) is 1. The Morgan fingerprint density at radius 3 is 2.30 bits per heavy atom. The third-order valence-electron chi connectivity index (χ3n) is 3.44. The van der Waals surface area contributed by atoms with Gasteiger partial charge in [-0.15, -0.1) is 0 Å². The second-order valence-corrected chi connectivity index (χ2v) is 4.98. The number of rotatable bonds is 4. The van der Waals surface area contributed by atoms with Gasteiger partial charge < -0.3 is 9.64 Å². The van der Waals surface area contributed by atoms with Gasteiger partial charge >= 0.3 is 6.18 Å². The van der Waals surface area contributed by atoms with Crippen LogP contribution in [0.25, 0.3) is 0 Å². The van der Waals surface area contributed by atoms with Crippen molar-refractivity contribution < 1.29 is 31.5 Å². The number of amides is 1. The van der Waals surface area contributed by atoms with Gasteiger partial charge in [-0.2, -0.15) is 13.2 Å². The fourth-order valence-electron chi connectivity index (χ4n) is 2.28. The molecular formula is C14H15F5N2O2. The maximum absolute atomic E-state index is 13.6. The van der Waals surface area contributed by atoms with E-state index < -0.39 is 41.9 Å². The zero-order valence-corrected chi connectivity index (χ0v) is 12.0. The molecule has 23 heavy (non-hydrogen) atoms. The van der Waals surface area contributed by atoms with Crippen LogP contribution in [0.5, 0.6) is 0 Å². The van der Waals surface area contributed by atoms with E-state index in [1.165, 1.54) is 4.90 Å². The van der Waals surface area contributed by atoms with Gasteiger partial charge in [-0.05, 0) is 12.1 Å². The summed E-state index contributed by atoms with van der Waals surface area (Å²) < 4.78 is 71.6. The standard InChI is InChI=1S/C14H15F5N2O2/c15-9-2-1-3-10(16)12(9)13(14(17,18)19)20-8-11(22)21-4-6-23-7-5-21/h1-3,13,20H,4-8H2. The lowest BCUT2D eigenvalue weighted by Gasteiger charge is -2.28. The summed E-state index contributed by atoms with van der Waals surface area (Å²) in [6.07, 6.45) is -4.95. The van der Waals surface area contributed by atoms with Crippen molar-refractivity contribution in [1.82, 2.24) is 10.2 Å². The molecule has 1 aliphatic heterocycles. The summed E-state index contributed by atoms with van der Waals surface area (Å²) in [6.45, 7) is 0.460. The van der Waals surface area contributed by atoms with Crippen LogP contribution in [0.3, 0.4) is 0 Å². The number of ether oxygens (including phenoxy) is 1. The molecule has 1 aromatic rings. The van der Waals surface area contributed by atoms with E-state index in [9.17, 15) is 26.7 Å². The molecular weight excluding hydrogens is 323 g/mol. The third kappa shape index (κ3) is 4.38. The van der Waals surface area contributed by atoms with E-state index in [4.69, 9.17) is 4.74 Å². The summed E-state index contributed by atoms with van der Waals surface area (Å²) in [5, 5.41) is 1.92. The van der Waals surface area contributed by atoms with Gasteiger partial charge in [-0.25, -0.2) is 8.78 Å². The lowest BCUT2D eigenvalue weighted by molar-refractivity contribution is -0.160. The first-order valence-electron chi connectivity index (χ1n) is 6.90. The molecule has 2 rings (SSSR count). The molecule has 1 saturated heterocycles. The Kier molecular flexibility index (Phi) is 5.53. The molecule has 1 atom stereocenters. The monoisotopic (exact) mass is 338 g/mol. The Labute approximate surface area is 129 Å². The van der Waals surface area contributed by atoms with Gasteiger partial charge in [-0.3, -0.25) is 10.1 Å². The van der Waals surface area contributed by atoms with Gasteiger partial charge in [0.05, 0.1) is 19.8 Å². The normalized spacial score (nSPS) is 17.2. The van der Waals surface area contributed by atoms with Crippen molar-refractivity contribution in [2.24, 2.45) is 0 Å². The van der Waals surface area contributed by atoms with E-state index in [1.54, 1.807) is 0 Å². The van der Waals surface area contributed by atoms with Crippen LogP contribution < -0.4 is 5.32 Å². The number of nitrogens with one attached hydrogen (secondary N) is 1. The van der Waals surface area contributed by atoms with Gasteiger partial charge in [0, 0.05) is 18.7 Å². The van der Waals surface area contributed by atoms with Gasteiger partial charge in [0.15, 0.2) is 0 Å². The van der Waals surface area contributed by atoms with Gasteiger partial charge in [-0.1, -0.05) is 6.07 Å². The Hall–Kier alpha value is -1.74. The summed E-state index contributed by atoms with van der Waals surface area (Å²) in [5.41, 5.74) is -1.14. The third-order valence-corrected chi connectivity index (χ3v) is 3.44. The zero-order chi connectivity index (χ0) is 17.0. The van der Waals surface area contributed by atoms with Crippen molar-refractivity contribution in [2.45, 2.75) is 12.2 Å². The predicted octanol–water partition coefficient (Wildman–Crippen LogP) is 2.02. The first kappa shape index (κ1) is 17.6. The Balaban J connectivity index is 2.12. The quantitative estimate of drug-likeness (QED) is 0.854. The minimum absolute atomic E-state index is 0.269. The average molecular weight is 338 g/mol. The number of hydrogen-bond donors (Lipinski definition) is 1. The average Bonchev–Trinajstić information content (AvgIpc) is 2.49. The molecule has 0 spiro atoms. The van der Waals surface area contributed by atoms with Gasteiger partial charge in [0.2, 0.25) is 5.91 Å². The van der Waals surface area contributed by atoms with Crippen molar-refractivity contribution in [3.8, 4) is 0 Å². The lowest BCUT2D eigenvalue weighted by atomic mass is 10.0. The summed E-state index contributed by atoms with van der Waals surface area (Å²) >= 11 is 0. The number of hydrogen-bond acceptors (Lipinski definition) is 3. The highest BCUT2D eigenvalue weighted by Crippen LogP contribution is 2.35. The number of benzene rings is 1. The summed E-state index contributed by atoms with van der Waals surface area (Å²) in [4.78, 5) is 13.2. The van der Waals surface area contributed by atoms with Crippen LogP contribution in [0.2, 0.25) is 0 Å². The Morgan fingerprint density at radius 1 is 1.22 bits per heavy atom. The highest BCUT2D eigenvalue weighted by Gasteiger charge is 2.43. The Morgan fingerprint density at radius 2 is 1.78 bits per heavy atom. The van der Waals surface area contributed by atoms with Crippen LogP contribution >= 0.6 is 0 Å². The second kappa shape index (κ2) is 7.22. The lowest BCUT2D eigenvalue weighted by Crippen LogP contribution is -2.47. The highest BCUT2D eigenvalue weighted by atomic mass is 19.4. The molecule has 1 aliphatic rings. The molecule has 0 radical (unpaired) electrons. The van der Waals surface area contributed by atoms with Crippen LogP contribution in [-0.4, -0.2) is 49.8 Å². The molecule has 0 bridgehead atoms. The fourth-order valence-corrected chi connectivity index (χ4v) is 2.28. The summed E-state index contributed by atoms with van der Waals surface area (Å²) in [6, 6.07) is -0.153.